The Morgan fingerprint density at radius 3 is 2.93 bits per heavy atom. The van der Waals surface area contributed by atoms with Gasteiger partial charge in [-0.3, -0.25) is 0 Å². The fourth-order valence-electron chi connectivity index (χ4n) is 0.851. The summed E-state index contributed by atoms with van der Waals surface area (Å²) in [6.45, 7) is 4.77. The Hall–Kier alpha value is -1.37. The molecule has 0 spiro atoms. The Morgan fingerprint density at radius 1 is 1.67 bits per heavy atom. The number of primary amides is 1. The zero-order chi connectivity index (χ0) is 11.3. The van der Waals surface area contributed by atoms with Crippen molar-refractivity contribution in [2.45, 2.75) is 19.8 Å². The molecule has 1 heterocycles. The minimum absolute atomic E-state index is 0.228. The minimum atomic E-state index is -0.767. The lowest BCUT2D eigenvalue weighted by molar-refractivity contribution is 0.161. The first kappa shape index (κ1) is 11.7. The Labute approximate surface area is 92.0 Å². The summed E-state index contributed by atoms with van der Waals surface area (Å²) in [6.07, 6.45) is -0.767. The zero-order valence-electron chi connectivity index (χ0n) is 8.69. The molecule has 0 saturated heterocycles. The maximum Gasteiger partial charge on any atom is 0.404 e. The quantitative estimate of drug-likeness (QED) is 0.741. The fraction of sp³-hybridized carbons (Fsp3) is 0.625. The van der Waals surface area contributed by atoms with Gasteiger partial charge in [0.15, 0.2) is 0 Å². The maximum atomic E-state index is 10.3. The summed E-state index contributed by atoms with van der Waals surface area (Å²) >= 11 is 1.29. The van der Waals surface area contributed by atoms with E-state index in [9.17, 15) is 4.79 Å². The van der Waals surface area contributed by atoms with Crippen LogP contribution in [0, 0.1) is 0 Å². The topological polar surface area (TPSA) is 90.1 Å². The molecule has 84 valence electrons. The second kappa shape index (κ2) is 5.50. The average molecular weight is 230 g/mol. The van der Waals surface area contributed by atoms with E-state index in [2.05, 4.69) is 19.4 Å². The molecule has 1 amide bonds. The number of nitrogens with one attached hydrogen (secondary N) is 1. The molecule has 0 fully saturated rings. The van der Waals surface area contributed by atoms with Gasteiger partial charge in [-0.25, -0.2) is 9.78 Å². The summed E-state index contributed by atoms with van der Waals surface area (Å²) in [5, 5.41) is 3.72. The minimum Gasteiger partial charge on any atom is -0.448 e. The van der Waals surface area contributed by atoms with Crippen LogP contribution in [-0.2, 0) is 4.74 Å². The second-order valence-corrected chi connectivity index (χ2v) is 3.96. The Kier molecular flexibility index (Phi) is 4.29. The monoisotopic (exact) mass is 230 g/mol. The van der Waals surface area contributed by atoms with E-state index in [1.807, 2.05) is 13.8 Å². The van der Waals surface area contributed by atoms with E-state index in [-0.39, 0.29) is 6.61 Å². The summed E-state index contributed by atoms with van der Waals surface area (Å²) in [5.41, 5.74) is 4.80. The molecule has 0 atom stereocenters. The first-order chi connectivity index (χ1) is 7.09. The number of amides is 1. The van der Waals surface area contributed by atoms with E-state index in [1.54, 1.807) is 0 Å². The molecule has 0 unspecified atom stereocenters. The Bertz CT molecular complexity index is 326. The third kappa shape index (κ3) is 4.11. The number of carbonyl (C=O) groups is 1. The highest BCUT2D eigenvalue weighted by atomic mass is 32.1. The van der Waals surface area contributed by atoms with Crippen LogP contribution in [0.3, 0.4) is 0 Å². The van der Waals surface area contributed by atoms with Crippen molar-refractivity contribution in [2.75, 3.05) is 18.5 Å². The van der Waals surface area contributed by atoms with E-state index in [0.29, 0.717) is 12.5 Å². The first-order valence-electron chi connectivity index (χ1n) is 4.59. The lowest BCUT2D eigenvalue weighted by atomic mass is 10.2. The number of nitrogens with two attached hydrogens (primary N) is 1. The van der Waals surface area contributed by atoms with Crippen molar-refractivity contribution in [1.29, 1.82) is 0 Å². The van der Waals surface area contributed by atoms with Gasteiger partial charge >= 0.3 is 6.09 Å². The molecule has 0 radical (unpaired) electrons. The summed E-state index contributed by atoms with van der Waals surface area (Å²) in [6, 6.07) is 0. The van der Waals surface area contributed by atoms with Crippen LogP contribution in [0.25, 0.3) is 0 Å². The van der Waals surface area contributed by atoms with Gasteiger partial charge in [-0.05, 0) is 0 Å². The van der Waals surface area contributed by atoms with Gasteiger partial charge in [-0.2, -0.15) is 4.37 Å². The van der Waals surface area contributed by atoms with Crippen LogP contribution in [0.2, 0.25) is 0 Å². The Balaban J connectivity index is 2.28. The van der Waals surface area contributed by atoms with Crippen molar-refractivity contribution < 1.29 is 9.53 Å². The van der Waals surface area contributed by atoms with Crippen molar-refractivity contribution >= 4 is 22.8 Å². The van der Waals surface area contributed by atoms with Gasteiger partial charge in [-0.15, -0.1) is 0 Å². The van der Waals surface area contributed by atoms with Crippen LogP contribution in [0.4, 0.5) is 9.93 Å². The summed E-state index contributed by atoms with van der Waals surface area (Å²) in [5.74, 6) is 1.14. The largest absolute Gasteiger partial charge is 0.448 e. The van der Waals surface area contributed by atoms with Crippen LogP contribution in [-0.4, -0.2) is 28.6 Å². The van der Waals surface area contributed by atoms with Crippen molar-refractivity contribution in [1.82, 2.24) is 9.36 Å². The predicted molar refractivity (Wildman–Crippen MR) is 58.0 cm³/mol. The predicted octanol–water partition coefficient (Wildman–Crippen LogP) is 1.17. The number of nitrogens with zero attached hydrogens (tertiary/aromatic N) is 2. The lowest BCUT2D eigenvalue weighted by Crippen LogP contribution is -2.18. The standard InChI is InChI=1S/C8H14N4O2S/c1-5(2)6-11-8(15-12-6)10-3-4-14-7(9)13/h5H,3-4H2,1-2H3,(H2,9,13)(H,10,11,12). The van der Waals surface area contributed by atoms with Crippen molar-refractivity contribution in [3.8, 4) is 0 Å². The maximum absolute atomic E-state index is 10.3. The van der Waals surface area contributed by atoms with Crippen LogP contribution in [0.5, 0.6) is 0 Å². The van der Waals surface area contributed by atoms with Crippen molar-refractivity contribution in [3.63, 3.8) is 0 Å². The lowest BCUT2D eigenvalue weighted by Gasteiger charge is -2.01. The molecule has 7 heteroatoms. The molecule has 0 aromatic carbocycles. The van der Waals surface area contributed by atoms with E-state index in [4.69, 9.17) is 5.73 Å². The highest BCUT2D eigenvalue weighted by molar-refractivity contribution is 7.09. The molecule has 3 N–H and O–H groups in total. The number of rotatable bonds is 5. The molecule has 0 bridgehead atoms. The highest BCUT2D eigenvalue weighted by Crippen LogP contribution is 2.16. The fourth-order valence-corrected chi connectivity index (χ4v) is 1.58. The van der Waals surface area contributed by atoms with E-state index in [1.165, 1.54) is 11.5 Å². The van der Waals surface area contributed by atoms with Gasteiger partial charge < -0.3 is 15.8 Å². The smallest absolute Gasteiger partial charge is 0.404 e. The number of anilines is 1. The van der Waals surface area contributed by atoms with Gasteiger partial charge in [0.2, 0.25) is 5.13 Å². The van der Waals surface area contributed by atoms with Crippen molar-refractivity contribution in [2.24, 2.45) is 5.73 Å². The summed E-state index contributed by atoms with van der Waals surface area (Å²) in [4.78, 5) is 14.5. The molecule has 15 heavy (non-hydrogen) atoms. The molecule has 1 aromatic rings. The number of aromatic nitrogens is 2. The van der Waals surface area contributed by atoms with Crippen molar-refractivity contribution in [3.05, 3.63) is 5.82 Å². The molecule has 1 rings (SSSR count). The molecule has 0 aliphatic rings. The average Bonchev–Trinajstić information content (AvgIpc) is 2.60. The molecular formula is C8H14N4O2S. The van der Waals surface area contributed by atoms with Gasteiger partial charge in [0.1, 0.15) is 12.4 Å². The molecule has 0 aliphatic carbocycles. The SMILES string of the molecule is CC(C)c1nsc(NCCOC(N)=O)n1. The van der Waals surface area contributed by atoms with Gasteiger partial charge in [-0.1, -0.05) is 13.8 Å². The number of hydrogen-bond acceptors (Lipinski definition) is 6. The number of ether oxygens (including phenoxy) is 1. The zero-order valence-corrected chi connectivity index (χ0v) is 9.50. The first-order valence-corrected chi connectivity index (χ1v) is 5.36. The summed E-state index contributed by atoms with van der Waals surface area (Å²) in [7, 11) is 0. The molecule has 0 saturated carbocycles. The van der Waals surface area contributed by atoms with Crippen LogP contribution >= 0.6 is 11.5 Å². The summed E-state index contributed by atoms with van der Waals surface area (Å²) < 4.78 is 8.72. The Morgan fingerprint density at radius 2 is 2.40 bits per heavy atom. The van der Waals surface area contributed by atoms with Crippen LogP contribution < -0.4 is 11.1 Å². The van der Waals surface area contributed by atoms with Gasteiger partial charge in [0, 0.05) is 17.5 Å². The molecule has 0 aliphatic heterocycles. The van der Waals surface area contributed by atoms with Gasteiger partial charge in [0.25, 0.3) is 0 Å². The van der Waals surface area contributed by atoms with Crippen LogP contribution in [0.15, 0.2) is 0 Å². The second-order valence-electron chi connectivity index (χ2n) is 3.21. The third-order valence-electron chi connectivity index (χ3n) is 1.58. The highest BCUT2D eigenvalue weighted by Gasteiger charge is 2.06. The van der Waals surface area contributed by atoms with Gasteiger partial charge in [0.05, 0.1) is 6.54 Å². The number of carbonyl (C=O) groups excluding carboxylic acids is 1. The molecular weight excluding hydrogens is 216 g/mol. The molecule has 1 aromatic heterocycles. The van der Waals surface area contributed by atoms with E-state index < -0.39 is 6.09 Å². The van der Waals surface area contributed by atoms with Crippen LogP contribution in [0.1, 0.15) is 25.6 Å². The number of hydrogen-bond donors (Lipinski definition) is 2. The molecule has 6 nitrogen and oxygen atoms in total. The third-order valence-corrected chi connectivity index (χ3v) is 2.27. The van der Waals surface area contributed by atoms with E-state index in [0.717, 1.165) is 11.0 Å². The van der Waals surface area contributed by atoms with E-state index >= 15 is 0 Å². The normalized spacial score (nSPS) is 10.3.